The normalized spacial score (nSPS) is 14.4. The molecule has 2 aromatic carbocycles. The SMILES string of the molecule is CCCCSc1nnc2c(n1)O[C@H](c1ccc(OCC(=O)O)cc1)Nc1ccc(Br)cc1-2. The number of fused-ring (bicyclic) bond motifs is 3. The highest BCUT2D eigenvalue weighted by molar-refractivity contribution is 9.10. The first-order valence-corrected chi connectivity index (χ1v) is 11.9. The average Bonchev–Trinajstić information content (AvgIpc) is 2.94. The molecule has 0 spiro atoms. The van der Waals surface area contributed by atoms with Crippen LogP contribution in [0.3, 0.4) is 0 Å². The fraction of sp³-hybridized carbons (Fsp3) is 0.273. The van der Waals surface area contributed by atoms with E-state index in [2.05, 4.69) is 43.4 Å². The Hall–Kier alpha value is -2.85. The number of nitrogens with one attached hydrogen (secondary N) is 1. The van der Waals surface area contributed by atoms with E-state index in [1.807, 2.05) is 30.3 Å². The summed E-state index contributed by atoms with van der Waals surface area (Å²) in [5.74, 6) is 0.758. The molecule has 8 nitrogen and oxygen atoms in total. The van der Waals surface area contributed by atoms with Gasteiger partial charge in [0.25, 0.3) is 0 Å². The maximum Gasteiger partial charge on any atom is 0.341 e. The van der Waals surface area contributed by atoms with Crippen molar-refractivity contribution < 1.29 is 19.4 Å². The van der Waals surface area contributed by atoms with Crippen molar-refractivity contribution in [2.75, 3.05) is 17.7 Å². The molecule has 0 bridgehead atoms. The molecule has 0 fully saturated rings. The van der Waals surface area contributed by atoms with E-state index in [1.165, 1.54) is 0 Å². The summed E-state index contributed by atoms with van der Waals surface area (Å²) in [6.07, 6.45) is 1.64. The highest BCUT2D eigenvalue weighted by Gasteiger charge is 2.26. The molecular weight excluding hydrogens is 496 g/mol. The Labute approximate surface area is 197 Å². The third kappa shape index (κ3) is 5.31. The summed E-state index contributed by atoms with van der Waals surface area (Å²) in [5, 5.41) is 21.5. The maximum atomic E-state index is 10.7. The molecule has 0 aliphatic carbocycles. The predicted octanol–water partition coefficient (Wildman–Crippen LogP) is 5.16. The highest BCUT2D eigenvalue weighted by atomic mass is 79.9. The second-order valence-electron chi connectivity index (χ2n) is 7.03. The van der Waals surface area contributed by atoms with Crippen molar-refractivity contribution in [3.05, 3.63) is 52.5 Å². The number of thioether (sulfide) groups is 1. The number of ether oxygens (including phenoxy) is 2. The molecule has 1 aliphatic heterocycles. The van der Waals surface area contributed by atoms with Crippen molar-refractivity contribution in [2.45, 2.75) is 31.1 Å². The van der Waals surface area contributed by atoms with Crippen LogP contribution >= 0.6 is 27.7 Å². The number of halogens is 1. The number of aromatic nitrogens is 3. The van der Waals surface area contributed by atoms with Crippen LogP contribution in [0.25, 0.3) is 11.3 Å². The Morgan fingerprint density at radius 1 is 1.25 bits per heavy atom. The molecule has 1 atom stereocenters. The zero-order chi connectivity index (χ0) is 22.5. The zero-order valence-corrected chi connectivity index (χ0v) is 19.6. The lowest BCUT2D eigenvalue weighted by atomic mass is 10.1. The number of nitrogens with zero attached hydrogens (tertiary/aromatic N) is 3. The number of hydrogen-bond donors (Lipinski definition) is 2. The van der Waals surface area contributed by atoms with E-state index in [0.717, 1.165) is 39.9 Å². The van der Waals surface area contributed by atoms with E-state index in [4.69, 9.17) is 14.6 Å². The third-order valence-electron chi connectivity index (χ3n) is 4.66. The maximum absolute atomic E-state index is 10.7. The molecule has 1 aromatic heterocycles. The van der Waals surface area contributed by atoms with Crippen LogP contribution in [0.2, 0.25) is 0 Å². The van der Waals surface area contributed by atoms with Crippen LogP contribution < -0.4 is 14.8 Å². The van der Waals surface area contributed by atoms with Gasteiger partial charge in [0, 0.05) is 27.0 Å². The van der Waals surface area contributed by atoms with Gasteiger partial charge in [0.15, 0.2) is 18.5 Å². The van der Waals surface area contributed by atoms with Gasteiger partial charge >= 0.3 is 5.97 Å². The summed E-state index contributed by atoms with van der Waals surface area (Å²) in [5.41, 5.74) is 3.07. The Kier molecular flexibility index (Phi) is 7.11. The standard InChI is InChI=1S/C22H21BrN4O4S/c1-2-3-10-32-22-25-21-19(26-27-22)16-11-14(23)6-9-17(16)24-20(31-21)13-4-7-15(8-5-13)30-12-18(28)29/h4-9,11,20,24H,2-3,10,12H2,1H3,(H,28,29)/t20-/m1/s1. The second kappa shape index (κ2) is 10.2. The predicted molar refractivity (Wildman–Crippen MR) is 125 cm³/mol. The largest absolute Gasteiger partial charge is 0.482 e. The topological polar surface area (TPSA) is 106 Å². The minimum atomic E-state index is -1.03. The average molecular weight is 517 g/mol. The van der Waals surface area contributed by atoms with Crippen LogP contribution in [-0.4, -0.2) is 38.6 Å². The lowest BCUT2D eigenvalue weighted by Gasteiger charge is -2.19. The van der Waals surface area contributed by atoms with Gasteiger partial charge in [-0.2, -0.15) is 4.98 Å². The van der Waals surface area contributed by atoms with Crippen molar-refractivity contribution in [1.29, 1.82) is 0 Å². The molecule has 4 rings (SSSR count). The molecule has 0 unspecified atom stereocenters. The number of carboxylic acids is 1. The molecule has 0 saturated carbocycles. The van der Waals surface area contributed by atoms with Gasteiger partial charge < -0.3 is 19.9 Å². The highest BCUT2D eigenvalue weighted by Crippen LogP contribution is 2.41. The summed E-state index contributed by atoms with van der Waals surface area (Å²) < 4.78 is 12.4. The summed E-state index contributed by atoms with van der Waals surface area (Å²) in [6, 6.07) is 12.9. The Morgan fingerprint density at radius 2 is 2.06 bits per heavy atom. The molecular formula is C22H21BrN4O4S. The van der Waals surface area contributed by atoms with Crippen molar-refractivity contribution in [3.8, 4) is 22.9 Å². The quantitative estimate of drug-likeness (QED) is 0.310. The van der Waals surface area contributed by atoms with Gasteiger partial charge in [-0.05, 0) is 48.9 Å². The number of unbranched alkanes of at least 4 members (excludes halogenated alkanes) is 1. The van der Waals surface area contributed by atoms with E-state index in [-0.39, 0.29) is 0 Å². The first-order valence-electron chi connectivity index (χ1n) is 10.1. The molecule has 166 valence electrons. The van der Waals surface area contributed by atoms with Crippen molar-refractivity contribution in [3.63, 3.8) is 0 Å². The minimum absolute atomic E-state index is 0.395. The van der Waals surface area contributed by atoms with E-state index < -0.39 is 18.8 Å². The summed E-state index contributed by atoms with van der Waals surface area (Å²) in [4.78, 5) is 15.4. The van der Waals surface area contributed by atoms with Gasteiger partial charge in [0.05, 0.1) is 0 Å². The Morgan fingerprint density at radius 3 is 2.81 bits per heavy atom. The molecule has 0 radical (unpaired) electrons. The summed E-state index contributed by atoms with van der Waals surface area (Å²) >= 11 is 5.08. The van der Waals surface area contributed by atoms with Crippen LogP contribution in [0.5, 0.6) is 11.6 Å². The second-order valence-corrected chi connectivity index (χ2v) is 9.01. The van der Waals surface area contributed by atoms with E-state index >= 15 is 0 Å². The van der Waals surface area contributed by atoms with Crippen LogP contribution in [0.4, 0.5) is 5.69 Å². The molecule has 0 saturated heterocycles. The molecule has 2 heterocycles. The molecule has 0 amide bonds. The Bertz CT molecular complexity index is 1110. The van der Waals surface area contributed by atoms with Gasteiger partial charge in [-0.15, -0.1) is 10.2 Å². The van der Waals surface area contributed by atoms with E-state index in [0.29, 0.717) is 22.5 Å². The van der Waals surface area contributed by atoms with E-state index in [9.17, 15) is 4.79 Å². The molecule has 32 heavy (non-hydrogen) atoms. The number of carbonyl (C=O) groups is 1. The number of anilines is 1. The molecule has 2 N–H and O–H groups in total. The van der Waals surface area contributed by atoms with Crippen LogP contribution in [0.1, 0.15) is 31.6 Å². The monoisotopic (exact) mass is 516 g/mol. The first-order chi connectivity index (χ1) is 15.5. The molecule has 10 heteroatoms. The van der Waals surface area contributed by atoms with Crippen molar-refractivity contribution in [2.24, 2.45) is 0 Å². The van der Waals surface area contributed by atoms with E-state index in [1.54, 1.807) is 23.9 Å². The minimum Gasteiger partial charge on any atom is -0.482 e. The summed E-state index contributed by atoms with van der Waals surface area (Å²) in [7, 11) is 0. The van der Waals surface area contributed by atoms with Gasteiger partial charge in [-0.3, -0.25) is 0 Å². The molecule has 1 aliphatic rings. The fourth-order valence-electron chi connectivity index (χ4n) is 3.07. The van der Waals surface area contributed by atoms with Gasteiger partial charge in [-0.1, -0.05) is 41.0 Å². The lowest BCUT2D eigenvalue weighted by molar-refractivity contribution is -0.139. The van der Waals surface area contributed by atoms with Crippen LogP contribution in [0, 0.1) is 0 Å². The van der Waals surface area contributed by atoms with Crippen molar-refractivity contribution >= 4 is 39.3 Å². The number of rotatable bonds is 8. The van der Waals surface area contributed by atoms with Gasteiger partial charge in [-0.25, -0.2) is 4.79 Å². The lowest BCUT2D eigenvalue weighted by Crippen LogP contribution is -2.17. The van der Waals surface area contributed by atoms with Gasteiger partial charge in [0.2, 0.25) is 11.0 Å². The zero-order valence-electron chi connectivity index (χ0n) is 17.2. The number of carboxylic acid groups (broad SMARTS) is 1. The summed E-state index contributed by atoms with van der Waals surface area (Å²) in [6.45, 7) is 1.75. The third-order valence-corrected chi connectivity index (χ3v) is 6.08. The Balaban J connectivity index is 1.66. The number of benzene rings is 2. The van der Waals surface area contributed by atoms with Crippen molar-refractivity contribution in [1.82, 2.24) is 15.2 Å². The smallest absolute Gasteiger partial charge is 0.341 e. The first kappa shape index (κ1) is 22.3. The van der Waals surface area contributed by atoms with Gasteiger partial charge in [0.1, 0.15) is 5.75 Å². The number of hydrogen-bond acceptors (Lipinski definition) is 8. The number of aliphatic carboxylic acids is 1. The van der Waals surface area contributed by atoms with Crippen LogP contribution in [-0.2, 0) is 4.79 Å². The fourth-order valence-corrected chi connectivity index (χ4v) is 4.30. The van der Waals surface area contributed by atoms with Crippen LogP contribution in [0.15, 0.2) is 52.1 Å². The molecule has 3 aromatic rings.